The van der Waals surface area contributed by atoms with Crippen LogP contribution in [0.5, 0.6) is 0 Å². The maximum atomic E-state index is 12.1. The molecule has 1 aliphatic heterocycles. The fourth-order valence-corrected chi connectivity index (χ4v) is 3.52. The molecule has 102 valence electrons. The van der Waals surface area contributed by atoms with Gasteiger partial charge in [0, 0.05) is 26.2 Å². The number of hydrogen-bond acceptors (Lipinski definition) is 4. The third kappa shape index (κ3) is 4.18. The minimum atomic E-state index is -3.40. The topological polar surface area (TPSA) is 84.7 Å². The molecular weight excluding hydrogens is 242 g/mol. The van der Waals surface area contributed by atoms with Crippen LogP contribution in [0.15, 0.2) is 0 Å². The molecule has 0 aromatic carbocycles. The SMILES string of the molecule is COCCNS(=O)(=O)N1CC(CN)CCC1C. The lowest BCUT2D eigenvalue weighted by atomic mass is 9.96. The van der Waals surface area contributed by atoms with Crippen LogP contribution in [0, 0.1) is 5.92 Å². The van der Waals surface area contributed by atoms with Crippen molar-refractivity contribution in [3.63, 3.8) is 0 Å². The Kier molecular flexibility index (Phi) is 5.81. The maximum absolute atomic E-state index is 12.1. The van der Waals surface area contributed by atoms with Crippen LogP contribution >= 0.6 is 0 Å². The van der Waals surface area contributed by atoms with Crippen molar-refractivity contribution in [2.45, 2.75) is 25.8 Å². The van der Waals surface area contributed by atoms with Gasteiger partial charge in [-0.25, -0.2) is 0 Å². The fraction of sp³-hybridized carbons (Fsp3) is 1.00. The molecule has 3 N–H and O–H groups in total. The van der Waals surface area contributed by atoms with E-state index in [9.17, 15) is 8.42 Å². The molecule has 0 aliphatic carbocycles. The molecule has 1 aliphatic rings. The van der Waals surface area contributed by atoms with Gasteiger partial charge in [0.15, 0.2) is 0 Å². The third-order valence-electron chi connectivity index (χ3n) is 3.16. The smallest absolute Gasteiger partial charge is 0.279 e. The minimum Gasteiger partial charge on any atom is -0.383 e. The molecule has 0 aromatic heterocycles. The Labute approximate surface area is 104 Å². The van der Waals surface area contributed by atoms with Gasteiger partial charge >= 0.3 is 0 Å². The zero-order chi connectivity index (χ0) is 12.9. The van der Waals surface area contributed by atoms with Gasteiger partial charge in [-0.15, -0.1) is 0 Å². The summed E-state index contributed by atoms with van der Waals surface area (Å²) in [6.07, 6.45) is 1.87. The van der Waals surface area contributed by atoms with Crippen molar-refractivity contribution in [3.05, 3.63) is 0 Å². The highest BCUT2D eigenvalue weighted by Crippen LogP contribution is 2.23. The third-order valence-corrected chi connectivity index (χ3v) is 4.85. The van der Waals surface area contributed by atoms with Gasteiger partial charge < -0.3 is 10.5 Å². The van der Waals surface area contributed by atoms with Crippen molar-refractivity contribution in [2.75, 3.05) is 33.4 Å². The van der Waals surface area contributed by atoms with E-state index in [0.717, 1.165) is 12.8 Å². The Morgan fingerprint density at radius 1 is 1.47 bits per heavy atom. The van der Waals surface area contributed by atoms with Crippen LogP contribution in [0.25, 0.3) is 0 Å². The van der Waals surface area contributed by atoms with Gasteiger partial charge in [0.05, 0.1) is 6.61 Å². The summed E-state index contributed by atoms with van der Waals surface area (Å²) in [5.74, 6) is 0.269. The minimum absolute atomic E-state index is 0.0397. The zero-order valence-electron chi connectivity index (χ0n) is 10.6. The first kappa shape index (κ1) is 14.8. The van der Waals surface area contributed by atoms with Crippen LogP contribution < -0.4 is 10.5 Å². The number of nitrogens with zero attached hydrogens (tertiary/aromatic N) is 1. The van der Waals surface area contributed by atoms with Crippen LogP contribution in [0.4, 0.5) is 0 Å². The standard InChI is InChI=1S/C10H23N3O3S/c1-9-3-4-10(7-11)8-13(9)17(14,15)12-5-6-16-2/h9-10,12H,3-8,11H2,1-2H3. The van der Waals surface area contributed by atoms with Crippen LogP contribution in [0.3, 0.4) is 0 Å². The fourth-order valence-electron chi connectivity index (χ4n) is 2.03. The van der Waals surface area contributed by atoms with Crippen molar-refractivity contribution >= 4 is 10.2 Å². The summed E-state index contributed by atoms with van der Waals surface area (Å²) in [6, 6.07) is 0.0397. The number of rotatable bonds is 6. The van der Waals surface area contributed by atoms with E-state index in [4.69, 9.17) is 10.5 Å². The molecular formula is C10H23N3O3S. The molecule has 0 amide bonds. The monoisotopic (exact) mass is 265 g/mol. The van der Waals surface area contributed by atoms with E-state index in [1.807, 2.05) is 6.92 Å². The van der Waals surface area contributed by atoms with E-state index >= 15 is 0 Å². The summed E-state index contributed by atoms with van der Waals surface area (Å²) in [5, 5.41) is 0. The Morgan fingerprint density at radius 3 is 2.76 bits per heavy atom. The van der Waals surface area contributed by atoms with Gasteiger partial charge in [-0.2, -0.15) is 17.4 Å². The lowest BCUT2D eigenvalue weighted by Crippen LogP contribution is -2.51. The first-order valence-corrected chi connectivity index (χ1v) is 7.40. The molecule has 1 fully saturated rings. The molecule has 0 radical (unpaired) electrons. The van der Waals surface area contributed by atoms with Crippen molar-refractivity contribution in [1.82, 2.24) is 9.03 Å². The Bertz CT molecular complexity index is 321. The Balaban J connectivity index is 2.61. The van der Waals surface area contributed by atoms with E-state index in [1.54, 1.807) is 7.11 Å². The van der Waals surface area contributed by atoms with Crippen molar-refractivity contribution in [1.29, 1.82) is 0 Å². The second kappa shape index (κ2) is 6.65. The Hall–Kier alpha value is -0.210. The van der Waals surface area contributed by atoms with E-state index in [-0.39, 0.29) is 12.0 Å². The van der Waals surface area contributed by atoms with Gasteiger partial charge in [-0.1, -0.05) is 0 Å². The summed E-state index contributed by atoms with van der Waals surface area (Å²) in [5.41, 5.74) is 5.61. The molecule has 0 aromatic rings. The van der Waals surface area contributed by atoms with E-state index in [0.29, 0.717) is 26.2 Å². The van der Waals surface area contributed by atoms with E-state index < -0.39 is 10.2 Å². The average Bonchev–Trinajstić information content (AvgIpc) is 2.29. The van der Waals surface area contributed by atoms with Gasteiger partial charge in [0.1, 0.15) is 0 Å². The first-order valence-electron chi connectivity index (χ1n) is 5.96. The molecule has 17 heavy (non-hydrogen) atoms. The number of methoxy groups -OCH3 is 1. The van der Waals surface area contributed by atoms with Crippen molar-refractivity contribution < 1.29 is 13.2 Å². The summed E-state index contributed by atoms with van der Waals surface area (Å²) in [7, 11) is -1.86. The zero-order valence-corrected chi connectivity index (χ0v) is 11.4. The quantitative estimate of drug-likeness (QED) is 0.636. The molecule has 0 saturated carbocycles. The van der Waals surface area contributed by atoms with E-state index in [2.05, 4.69) is 4.72 Å². The van der Waals surface area contributed by atoms with Gasteiger partial charge in [0.25, 0.3) is 10.2 Å². The van der Waals surface area contributed by atoms with Crippen LogP contribution in [-0.4, -0.2) is 52.1 Å². The number of nitrogens with one attached hydrogen (secondary N) is 1. The maximum Gasteiger partial charge on any atom is 0.279 e. The molecule has 0 bridgehead atoms. The van der Waals surface area contributed by atoms with Crippen LogP contribution in [0.2, 0.25) is 0 Å². The summed E-state index contributed by atoms with van der Waals surface area (Å²) >= 11 is 0. The highest BCUT2D eigenvalue weighted by Gasteiger charge is 2.32. The normalized spacial score (nSPS) is 27.2. The lowest BCUT2D eigenvalue weighted by Gasteiger charge is -2.36. The molecule has 0 spiro atoms. The molecule has 1 heterocycles. The molecule has 1 rings (SSSR count). The number of piperidine rings is 1. The number of hydrogen-bond donors (Lipinski definition) is 2. The second-order valence-electron chi connectivity index (χ2n) is 4.49. The van der Waals surface area contributed by atoms with Gasteiger partial charge in [-0.3, -0.25) is 0 Å². The lowest BCUT2D eigenvalue weighted by molar-refractivity contribution is 0.195. The molecule has 6 nitrogen and oxygen atoms in total. The average molecular weight is 265 g/mol. The molecule has 1 saturated heterocycles. The predicted molar refractivity (Wildman–Crippen MR) is 66.7 cm³/mol. The number of ether oxygens (including phenoxy) is 1. The molecule has 7 heteroatoms. The summed E-state index contributed by atoms with van der Waals surface area (Å²) in [6.45, 7) is 3.66. The van der Waals surface area contributed by atoms with Gasteiger partial charge in [0.2, 0.25) is 0 Å². The molecule has 2 unspecified atom stereocenters. The second-order valence-corrected chi connectivity index (χ2v) is 6.20. The highest BCUT2D eigenvalue weighted by atomic mass is 32.2. The van der Waals surface area contributed by atoms with Crippen LogP contribution in [-0.2, 0) is 14.9 Å². The van der Waals surface area contributed by atoms with Crippen molar-refractivity contribution in [2.24, 2.45) is 11.7 Å². The largest absolute Gasteiger partial charge is 0.383 e. The summed E-state index contributed by atoms with van der Waals surface area (Å²) < 4.78 is 33.0. The van der Waals surface area contributed by atoms with Crippen LogP contribution in [0.1, 0.15) is 19.8 Å². The predicted octanol–water partition coefficient (Wildman–Crippen LogP) is -0.474. The summed E-state index contributed by atoms with van der Waals surface area (Å²) in [4.78, 5) is 0. The highest BCUT2D eigenvalue weighted by molar-refractivity contribution is 7.87. The Morgan fingerprint density at radius 2 is 2.18 bits per heavy atom. The van der Waals surface area contributed by atoms with Gasteiger partial charge in [-0.05, 0) is 32.2 Å². The van der Waals surface area contributed by atoms with Crippen molar-refractivity contribution in [3.8, 4) is 0 Å². The molecule has 2 atom stereocenters. The number of nitrogens with two attached hydrogens (primary N) is 1. The first-order chi connectivity index (χ1) is 8.01. The van der Waals surface area contributed by atoms with E-state index in [1.165, 1.54) is 4.31 Å².